The fraction of sp³-hybridized carbons (Fsp3) is 0.438. The SMILES string of the molecule is COc1ccc([C@@]23Oc4cc(O[C@@H]5OC(CCO)CO[C@H]5OC)cc(OC)c4[C@]2(O)[C@H](O)C[C@H]3c2ccccc2)cc1. The van der Waals surface area contributed by atoms with Gasteiger partial charge < -0.3 is 48.5 Å². The maximum atomic E-state index is 12.7. The lowest BCUT2D eigenvalue weighted by atomic mass is 9.71. The van der Waals surface area contributed by atoms with Gasteiger partial charge in [-0.25, -0.2) is 0 Å². The summed E-state index contributed by atoms with van der Waals surface area (Å²) in [5, 5.41) is 33.7. The highest BCUT2D eigenvalue weighted by Crippen LogP contribution is 2.68. The van der Waals surface area contributed by atoms with Gasteiger partial charge in [-0.05, 0) is 36.1 Å². The molecule has 1 saturated carbocycles. The van der Waals surface area contributed by atoms with E-state index in [1.54, 1.807) is 19.2 Å². The molecule has 224 valence electrons. The Morgan fingerprint density at radius 2 is 1.69 bits per heavy atom. The summed E-state index contributed by atoms with van der Waals surface area (Å²) in [5.74, 6) is 1.15. The van der Waals surface area contributed by atoms with Crippen molar-refractivity contribution < 1.29 is 48.5 Å². The maximum absolute atomic E-state index is 12.7. The molecule has 2 fully saturated rings. The van der Waals surface area contributed by atoms with E-state index in [1.807, 2.05) is 54.6 Å². The molecule has 3 aromatic rings. The van der Waals surface area contributed by atoms with Gasteiger partial charge in [-0.15, -0.1) is 0 Å². The molecule has 42 heavy (non-hydrogen) atoms. The highest BCUT2D eigenvalue weighted by molar-refractivity contribution is 5.62. The Labute approximate surface area is 244 Å². The highest BCUT2D eigenvalue weighted by Gasteiger charge is 2.73. The van der Waals surface area contributed by atoms with Gasteiger partial charge in [0, 0.05) is 31.8 Å². The zero-order chi connectivity index (χ0) is 29.5. The van der Waals surface area contributed by atoms with Gasteiger partial charge in [0.05, 0.1) is 38.6 Å². The summed E-state index contributed by atoms with van der Waals surface area (Å²) in [6.07, 6.45) is -2.67. The Kier molecular flexibility index (Phi) is 7.77. The van der Waals surface area contributed by atoms with Crippen molar-refractivity contribution in [3.05, 3.63) is 83.4 Å². The Balaban J connectivity index is 1.46. The Hall–Kier alpha value is -3.38. The van der Waals surface area contributed by atoms with E-state index in [4.69, 9.17) is 33.2 Å². The van der Waals surface area contributed by atoms with Crippen LogP contribution in [0.5, 0.6) is 23.0 Å². The van der Waals surface area contributed by atoms with E-state index < -0.39 is 35.8 Å². The van der Waals surface area contributed by atoms with Crippen molar-refractivity contribution in [2.45, 2.75) is 54.7 Å². The second-order valence-corrected chi connectivity index (χ2v) is 10.7. The summed E-state index contributed by atoms with van der Waals surface area (Å²) >= 11 is 0. The lowest BCUT2D eigenvalue weighted by Gasteiger charge is -2.40. The van der Waals surface area contributed by atoms with Crippen LogP contribution in [-0.2, 0) is 25.4 Å². The summed E-state index contributed by atoms with van der Waals surface area (Å²) in [5.41, 5.74) is -1.35. The van der Waals surface area contributed by atoms with Gasteiger partial charge in [-0.1, -0.05) is 42.5 Å². The van der Waals surface area contributed by atoms with E-state index in [0.29, 0.717) is 34.8 Å². The largest absolute Gasteiger partial charge is 0.497 e. The van der Waals surface area contributed by atoms with Crippen LogP contribution >= 0.6 is 0 Å². The van der Waals surface area contributed by atoms with E-state index in [1.165, 1.54) is 14.2 Å². The Bertz CT molecular complexity index is 1380. The van der Waals surface area contributed by atoms with Crippen LogP contribution in [-0.4, -0.2) is 74.7 Å². The molecule has 0 bridgehead atoms. The quantitative estimate of drug-likeness (QED) is 0.348. The Morgan fingerprint density at radius 3 is 2.36 bits per heavy atom. The highest BCUT2D eigenvalue weighted by atomic mass is 16.8. The molecule has 10 heteroatoms. The van der Waals surface area contributed by atoms with Crippen molar-refractivity contribution in [1.82, 2.24) is 0 Å². The van der Waals surface area contributed by atoms with Crippen LogP contribution in [0.1, 0.15) is 35.4 Å². The molecule has 0 aromatic heterocycles. The van der Waals surface area contributed by atoms with Gasteiger partial charge in [0.25, 0.3) is 6.29 Å². The van der Waals surface area contributed by atoms with Crippen molar-refractivity contribution in [2.75, 3.05) is 34.5 Å². The topological polar surface area (TPSA) is 125 Å². The summed E-state index contributed by atoms with van der Waals surface area (Å²) in [4.78, 5) is 0. The number of aliphatic hydroxyl groups excluding tert-OH is 2. The number of aliphatic hydroxyl groups is 3. The number of rotatable bonds is 9. The van der Waals surface area contributed by atoms with Gasteiger partial charge in [0.1, 0.15) is 23.0 Å². The van der Waals surface area contributed by atoms with E-state index >= 15 is 0 Å². The van der Waals surface area contributed by atoms with Crippen molar-refractivity contribution in [3.8, 4) is 23.0 Å². The predicted molar refractivity (Wildman–Crippen MR) is 150 cm³/mol. The summed E-state index contributed by atoms with van der Waals surface area (Å²) in [6.45, 7) is 0.196. The molecule has 10 nitrogen and oxygen atoms in total. The van der Waals surface area contributed by atoms with Crippen LogP contribution in [0, 0.1) is 0 Å². The average Bonchev–Trinajstić information content (AvgIpc) is 3.42. The standard InChI is InChI=1S/C32H36O10/c1-36-21-11-9-20(10-12-21)32-24(19-7-5-4-6-8-19)17-27(34)31(32,35)28-25(37-2)15-23(16-26(28)42-32)41-30-29(38-3)39-18-22(40-30)13-14-33/h4-12,15-16,22,24,27,29-30,33-35H,13-14,17-18H2,1-3H3/t22?,24-,27+,29+,30-,31+,32-/m0/s1. The van der Waals surface area contributed by atoms with Crippen molar-refractivity contribution in [3.63, 3.8) is 0 Å². The van der Waals surface area contributed by atoms with Gasteiger partial charge in [0.2, 0.25) is 6.29 Å². The zero-order valence-electron chi connectivity index (χ0n) is 23.8. The minimum atomic E-state index is -1.87. The first-order valence-electron chi connectivity index (χ1n) is 14.0. The average molecular weight is 581 g/mol. The molecule has 2 aliphatic heterocycles. The third kappa shape index (κ3) is 4.41. The van der Waals surface area contributed by atoms with Crippen LogP contribution in [0.25, 0.3) is 0 Å². The first kappa shape index (κ1) is 28.7. The normalized spacial score (nSPS) is 31.6. The monoisotopic (exact) mass is 580 g/mol. The van der Waals surface area contributed by atoms with Crippen LogP contribution in [0.2, 0.25) is 0 Å². The molecule has 2 heterocycles. The number of hydrogen-bond acceptors (Lipinski definition) is 10. The third-order valence-corrected chi connectivity index (χ3v) is 8.56. The molecule has 1 saturated heterocycles. The fourth-order valence-electron chi connectivity index (χ4n) is 6.64. The van der Waals surface area contributed by atoms with Gasteiger partial charge in [-0.2, -0.15) is 0 Å². The molecule has 3 N–H and O–H groups in total. The van der Waals surface area contributed by atoms with E-state index in [0.717, 1.165) is 5.56 Å². The summed E-state index contributed by atoms with van der Waals surface area (Å²) < 4.78 is 41.4. The molecule has 0 spiro atoms. The Morgan fingerprint density at radius 1 is 0.929 bits per heavy atom. The van der Waals surface area contributed by atoms with Crippen molar-refractivity contribution >= 4 is 0 Å². The van der Waals surface area contributed by atoms with E-state index in [9.17, 15) is 15.3 Å². The second-order valence-electron chi connectivity index (χ2n) is 10.7. The molecule has 6 rings (SSSR count). The van der Waals surface area contributed by atoms with Gasteiger partial charge >= 0.3 is 0 Å². The second kappa shape index (κ2) is 11.4. The van der Waals surface area contributed by atoms with Crippen molar-refractivity contribution in [2.24, 2.45) is 0 Å². The fourth-order valence-corrected chi connectivity index (χ4v) is 6.64. The number of fused-ring (bicyclic) bond motifs is 3. The molecule has 7 atom stereocenters. The number of hydrogen-bond donors (Lipinski definition) is 3. The minimum absolute atomic E-state index is 0.0597. The maximum Gasteiger partial charge on any atom is 0.251 e. The molecule has 3 aromatic carbocycles. The third-order valence-electron chi connectivity index (χ3n) is 8.56. The zero-order valence-corrected chi connectivity index (χ0v) is 23.8. The number of methoxy groups -OCH3 is 3. The summed E-state index contributed by atoms with van der Waals surface area (Å²) in [7, 11) is 4.57. The molecular formula is C32H36O10. The van der Waals surface area contributed by atoms with Crippen LogP contribution in [0.3, 0.4) is 0 Å². The molecule has 1 unspecified atom stereocenters. The first-order chi connectivity index (χ1) is 20.4. The summed E-state index contributed by atoms with van der Waals surface area (Å²) in [6, 6.07) is 20.3. The number of ether oxygens (including phenoxy) is 7. The minimum Gasteiger partial charge on any atom is -0.497 e. The molecular weight excluding hydrogens is 544 g/mol. The van der Waals surface area contributed by atoms with Gasteiger partial charge in [-0.3, -0.25) is 0 Å². The van der Waals surface area contributed by atoms with Crippen LogP contribution in [0.15, 0.2) is 66.7 Å². The van der Waals surface area contributed by atoms with Crippen molar-refractivity contribution in [1.29, 1.82) is 0 Å². The molecule has 0 amide bonds. The van der Waals surface area contributed by atoms with Gasteiger partial charge in [0.15, 0.2) is 11.2 Å². The molecule has 3 aliphatic rings. The van der Waals surface area contributed by atoms with Crippen LogP contribution in [0.4, 0.5) is 0 Å². The van der Waals surface area contributed by atoms with E-state index in [2.05, 4.69) is 0 Å². The molecule has 0 radical (unpaired) electrons. The number of benzene rings is 3. The van der Waals surface area contributed by atoms with E-state index in [-0.39, 0.29) is 31.5 Å². The lowest BCUT2D eigenvalue weighted by Crippen LogP contribution is -2.52. The lowest BCUT2D eigenvalue weighted by molar-refractivity contribution is -0.313. The smallest absolute Gasteiger partial charge is 0.251 e. The first-order valence-corrected chi connectivity index (χ1v) is 14.0. The predicted octanol–water partition coefficient (Wildman–Crippen LogP) is 3.20. The van der Waals surface area contributed by atoms with Crippen LogP contribution < -0.4 is 18.9 Å². The molecule has 1 aliphatic carbocycles.